The van der Waals surface area contributed by atoms with Crippen molar-refractivity contribution in [3.8, 4) is 17.6 Å². The van der Waals surface area contributed by atoms with Crippen molar-refractivity contribution in [3.63, 3.8) is 0 Å². The third-order valence-electron chi connectivity index (χ3n) is 1.70. The van der Waals surface area contributed by atoms with Gasteiger partial charge in [-0.25, -0.2) is 4.79 Å². The molecule has 1 N–H and O–H groups in total. The molecule has 0 aromatic heterocycles. The van der Waals surface area contributed by atoms with Gasteiger partial charge in [0, 0.05) is 5.56 Å². The number of hydrogen-bond acceptors (Lipinski definition) is 3. The van der Waals surface area contributed by atoms with Gasteiger partial charge < -0.3 is 9.84 Å². The largest absolute Gasteiger partial charge is 0.507 e. The molecular formula is C11H9BrO3. The van der Waals surface area contributed by atoms with Crippen LogP contribution in [0.2, 0.25) is 0 Å². The van der Waals surface area contributed by atoms with Crippen molar-refractivity contribution in [1.82, 2.24) is 0 Å². The Hall–Kier alpha value is -1.47. The Labute approximate surface area is 96.2 Å². The first-order valence-corrected chi connectivity index (χ1v) is 5.27. The van der Waals surface area contributed by atoms with Gasteiger partial charge in [-0.15, -0.1) is 0 Å². The zero-order valence-electron chi connectivity index (χ0n) is 8.08. The topological polar surface area (TPSA) is 46.5 Å². The van der Waals surface area contributed by atoms with Gasteiger partial charge >= 0.3 is 5.97 Å². The van der Waals surface area contributed by atoms with E-state index in [0.717, 1.165) is 0 Å². The summed E-state index contributed by atoms with van der Waals surface area (Å²) < 4.78 is 4.52. The normalized spacial score (nSPS) is 8.93. The fraction of sp³-hybridized carbons (Fsp3) is 0.182. The SMILES string of the molecule is COC(=O)c1cc(C#CCBr)ccc1O. The van der Waals surface area contributed by atoms with Crippen molar-refractivity contribution in [2.45, 2.75) is 0 Å². The van der Waals surface area contributed by atoms with Crippen LogP contribution < -0.4 is 0 Å². The molecule has 0 radical (unpaired) electrons. The van der Waals surface area contributed by atoms with Crippen LogP contribution in [0.5, 0.6) is 5.75 Å². The summed E-state index contributed by atoms with van der Waals surface area (Å²) in [6.45, 7) is 0. The zero-order chi connectivity index (χ0) is 11.3. The average molecular weight is 269 g/mol. The highest BCUT2D eigenvalue weighted by atomic mass is 79.9. The number of esters is 1. The van der Waals surface area contributed by atoms with E-state index in [1.165, 1.54) is 19.2 Å². The molecule has 0 aliphatic rings. The Morgan fingerprint density at radius 3 is 2.93 bits per heavy atom. The summed E-state index contributed by atoms with van der Waals surface area (Å²) in [6.07, 6.45) is 0. The second kappa shape index (κ2) is 5.42. The molecule has 15 heavy (non-hydrogen) atoms. The summed E-state index contributed by atoms with van der Waals surface area (Å²) in [5, 5.41) is 9.96. The standard InChI is InChI=1S/C11H9BrO3/c1-15-11(14)9-7-8(3-2-6-12)4-5-10(9)13/h4-5,7,13H,6H2,1H3. The van der Waals surface area contributed by atoms with Crippen molar-refractivity contribution in [2.75, 3.05) is 12.4 Å². The molecule has 1 aromatic rings. The molecule has 0 atom stereocenters. The van der Waals surface area contributed by atoms with Crippen LogP contribution in [0.15, 0.2) is 18.2 Å². The Bertz CT molecular complexity index is 429. The second-order valence-electron chi connectivity index (χ2n) is 2.66. The van der Waals surface area contributed by atoms with E-state index in [2.05, 4.69) is 32.5 Å². The predicted octanol–water partition coefficient (Wildman–Crippen LogP) is 1.93. The highest BCUT2D eigenvalue weighted by Gasteiger charge is 2.11. The smallest absolute Gasteiger partial charge is 0.341 e. The number of hydrogen-bond donors (Lipinski definition) is 1. The van der Waals surface area contributed by atoms with Gasteiger partial charge in [-0.1, -0.05) is 27.8 Å². The van der Waals surface area contributed by atoms with Crippen LogP contribution in [0.3, 0.4) is 0 Å². The molecule has 0 aliphatic carbocycles. The number of carbonyl (C=O) groups excluding carboxylic acids is 1. The molecule has 0 spiro atoms. The summed E-state index contributed by atoms with van der Waals surface area (Å²) in [5.41, 5.74) is 0.784. The highest BCUT2D eigenvalue weighted by molar-refractivity contribution is 9.09. The number of methoxy groups -OCH3 is 1. The van der Waals surface area contributed by atoms with Crippen molar-refractivity contribution in [2.24, 2.45) is 0 Å². The third-order valence-corrected chi connectivity index (χ3v) is 1.98. The van der Waals surface area contributed by atoms with Gasteiger partial charge in [0.15, 0.2) is 0 Å². The monoisotopic (exact) mass is 268 g/mol. The number of rotatable bonds is 1. The van der Waals surface area contributed by atoms with Gasteiger partial charge in [0.25, 0.3) is 0 Å². The van der Waals surface area contributed by atoms with Crippen LogP contribution in [0, 0.1) is 11.8 Å². The zero-order valence-corrected chi connectivity index (χ0v) is 9.67. The summed E-state index contributed by atoms with van der Waals surface area (Å²) in [7, 11) is 1.26. The number of alkyl halides is 1. The number of carbonyl (C=O) groups is 1. The molecule has 3 nitrogen and oxygen atoms in total. The molecule has 0 fully saturated rings. The maximum Gasteiger partial charge on any atom is 0.341 e. The summed E-state index contributed by atoms with van der Waals surface area (Å²) in [6, 6.07) is 4.55. The minimum atomic E-state index is -0.574. The number of phenols is 1. The first-order chi connectivity index (χ1) is 7.19. The molecule has 0 unspecified atom stereocenters. The molecule has 0 saturated carbocycles. The van der Waals surface area contributed by atoms with Gasteiger partial charge in [0.1, 0.15) is 11.3 Å². The molecule has 1 rings (SSSR count). The van der Waals surface area contributed by atoms with Crippen molar-refractivity contribution in [1.29, 1.82) is 0 Å². The van der Waals surface area contributed by atoms with Crippen LogP contribution in [0.4, 0.5) is 0 Å². The lowest BCUT2D eigenvalue weighted by molar-refractivity contribution is 0.0597. The summed E-state index contributed by atoms with van der Waals surface area (Å²) >= 11 is 3.17. The van der Waals surface area contributed by atoms with Crippen LogP contribution in [0.1, 0.15) is 15.9 Å². The number of ether oxygens (including phenoxy) is 1. The van der Waals surface area contributed by atoms with Gasteiger partial charge in [-0.2, -0.15) is 0 Å². The Balaban J connectivity index is 3.10. The fourth-order valence-corrected chi connectivity index (χ4v) is 1.16. The maximum absolute atomic E-state index is 11.2. The Morgan fingerprint density at radius 2 is 2.33 bits per heavy atom. The van der Waals surface area contributed by atoms with E-state index in [1.54, 1.807) is 6.07 Å². The second-order valence-corrected chi connectivity index (χ2v) is 3.22. The Kier molecular flexibility index (Phi) is 4.19. The molecular weight excluding hydrogens is 260 g/mol. The van der Waals surface area contributed by atoms with E-state index in [1.807, 2.05) is 0 Å². The van der Waals surface area contributed by atoms with Crippen LogP contribution in [-0.4, -0.2) is 23.5 Å². The van der Waals surface area contributed by atoms with E-state index >= 15 is 0 Å². The van der Waals surface area contributed by atoms with Crippen LogP contribution >= 0.6 is 15.9 Å². The molecule has 4 heteroatoms. The molecule has 0 bridgehead atoms. The van der Waals surface area contributed by atoms with Crippen molar-refractivity contribution >= 4 is 21.9 Å². The first kappa shape index (κ1) is 11.6. The van der Waals surface area contributed by atoms with E-state index < -0.39 is 5.97 Å². The number of aromatic hydroxyl groups is 1. The average Bonchev–Trinajstić information content (AvgIpc) is 2.27. The van der Waals surface area contributed by atoms with Crippen LogP contribution in [-0.2, 0) is 4.74 Å². The van der Waals surface area contributed by atoms with Crippen molar-refractivity contribution < 1.29 is 14.6 Å². The minimum Gasteiger partial charge on any atom is -0.507 e. The molecule has 0 heterocycles. The van der Waals surface area contributed by atoms with E-state index in [-0.39, 0.29) is 11.3 Å². The van der Waals surface area contributed by atoms with E-state index in [4.69, 9.17) is 0 Å². The van der Waals surface area contributed by atoms with Gasteiger partial charge in [0.2, 0.25) is 0 Å². The highest BCUT2D eigenvalue weighted by Crippen LogP contribution is 2.18. The molecule has 0 saturated heterocycles. The predicted molar refractivity (Wildman–Crippen MR) is 60.1 cm³/mol. The van der Waals surface area contributed by atoms with Crippen LogP contribution in [0.25, 0.3) is 0 Å². The van der Waals surface area contributed by atoms with E-state index in [0.29, 0.717) is 10.9 Å². The minimum absolute atomic E-state index is 0.105. The summed E-state index contributed by atoms with van der Waals surface area (Å²) in [4.78, 5) is 11.2. The molecule has 78 valence electrons. The number of halogens is 1. The number of benzene rings is 1. The first-order valence-electron chi connectivity index (χ1n) is 4.15. The van der Waals surface area contributed by atoms with Gasteiger partial charge in [0.05, 0.1) is 12.4 Å². The lowest BCUT2D eigenvalue weighted by atomic mass is 10.1. The van der Waals surface area contributed by atoms with Crippen molar-refractivity contribution in [3.05, 3.63) is 29.3 Å². The Morgan fingerprint density at radius 1 is 1.60 bits per heavy atom. The lowest BCUT2D eigenvalue weighted by Crippen LogP contribution is -2.01. The molecule has 0 amide bonds. The quantitative estimate of drug-likeness (QED) is 0.481. The van der Waals surface area contributed by atoms with Gasteiger partial charge in [-0.05, 0) is 18.2 Å². The maximum atomic E-state index is 11.2. The third kappa shape index (κ3) is 3.00. The molecule has 1 aromatic carbocycles. The fourth-order valence-electron chi connectivity index (χ4n) is 1.02. The number of phenolic OH excluding ortho intramolecular Hbond substituents is 1. The lowest BCUT2D eigenvalue weighted by Gasteiger charge is -2.02. The van der Waals surface area contributed by atoms with E-state index in [9.17, 15) is 9.90 Å². The summed E-state index contributed by atoms with van der Waals surface area (Å²) in [5.74, 6) is 4.95. The molecule has 0 aliphatic heterocycles. The van der Waals surface area contributed by atoms with Gasteiger partial charge in [-0.3, -0.25) is 0 Å².